The summed E-state index contributed by atoms with van der Waals surface area (Å²) in [4.78, 5) is 14.9. The van der Waals surface area contributed by atoms with Crippen LogP contribution >= 0.6 is 0 Å². The molecule has 1 heterocycles. The van der Waals surface area contributed by atoms with Gasteiger partial charge in [-0.25, -0.2) is 0 Å². The molecule has 4 atom stereocenters. The number of carbonyl (C=O) groups excluding carboxylic acids is 1. The van der Waals surface area contributed by atoms with Crippen LogP contribution in [-0.2, 0) is 16.0 Å². The fourth-order valence-electron chi connectivity index (χ4n) is 5.14. The van der Waals surface area contributed by atoms with Crippen molar-refractivity contribution in [2.45, 2.75) is 56.3 Å². The summed E-state index contributed by atoms with van der Waals surface area (Å²) in [6, 6.07) is 3.87. The van der Waals surface area contributed by atoms with E-state index in [1.807, 2.05) is 6.07 Å². The van der Waals surface area contributed by atoms with E-state index < -0.39 is 11.7 Å². The molecule has 0 saturated heterocycles. The van der Waals surface area contributed by atoms with Crippen molar-refractivity contribution in [3.05, 3.63) is 23.3 Å². The first-order valence-electron chi connectivity index (χ1n) is 8.83. The molecule has 2 aliphatic carbocycles. The number of carbonyl (C=O) groups is 1. The molecule has 1 aliphatic heterocycles. The SMILES string of the molecule is CCCN(C)C1Cc2ccc(O)c3c2C2[C@@H](O3)C(=O)CC[C@]21OC. The Kier molecular flexibility index (Phi) is 3.62. The van der Waals surface area contributed by atoms with Crippen LogP contribution in [0.1, 0.15) is 43.2 Å². The highest BCUT2D eigenvalue weighted by Gasteiger charge is 2.62. The molecule has 1 aromatic rings. The number of hydrogen-bond donors (Lipinski definition) is 1. The number of hydrogen-bond acceptors (Lipinski definition) is 5. The minimum atomic E-state index is -0.529. The lowest BCUT2D eigenvalue weighted by Gasteiger charge is -2.53. The van der Waals surface area contributed by atoms with Gasteiger partial charge >= 0.3 is 0 Å². The zero-order valence-electron chi connectivity index (χ0n) is 14.5. The lowest BCUT2D eigenvalue weighted by atomic mass is 9.61. The third-order valence-corrected chi connectivity index (χ3v) is 6.20. The molecule has 3 aliphatic rings. The Labute approximate surface area is 142 Å². The largest absolute Gasteiger partial charge is 0.504 e. The van der Waals surface area contributed by atoms with E-state index in [2.05, 4.69) is 18.9 Å². The van der Waals surface area contributed by atoms with E-state index in [-0.39, 0.29) is 23.5 Å². The summed E-state index contributed by atoms with van der Waals surface area (Å²) < 4.78 is 12.1. The molecule has 24 heavy (non-hydrogen) atoms. The average Bonchev–Trinajstić information content (AvgIpc) is 3.00. The van der Waals surface area contributed by atoms with Gasteiger partial charge in [0.25, 0.3) is 0 Å². The van der Waals surface area contributed by atoms with Gasteiger partial charge in [-0.1, -0.05) is 13.0 Å². The number of rotatable bonds is 4. The van der Waals surface area contributed by atoms with Gasteiger partial charge in [-0.2, -0.15) is 0 Å². The molecule has 1 N–H and O–H groups in total. The van der Waals surface area contributed by atoms with Crippen molar-refractivity contribution in [3.63, 3.8) is 0 Å². The lowest BCUT2D eigenvalue weighted by Crippen LogP contribution is -2.64. The highest BCUT2D eigenvalue weighted by atomic mass is 16.5. The number of phenolic OH excluding ortho intramolecular Hbond substituents is 1. The number of Topliss-reactive ketones (excluding diaryl/α,β-unsaturated/α-hetero) is 1. The van der Waals surface area contributed by atoms with E-state index in [1.165, 1.54) is 5.56 Å². The molecule has 1 aromatic carbocycles. The standard InChI is InChI=1S/C19H25NO4/c1-4-9-20(2)14-10-11-5-6-12(21)17-15(11)16-18(24-17)13(22)7-8-19(14,16)23-3/h5-6,14,16,18,21H,4,7-10H2,1-3H3/t14?,16?,18-,19+/m0/s1. The Morgan fingerprint density at radius 3 is 2.96 bits per heavy atom. The molecule has 1 fully saturated rings. The molecule has 0 bridgehead atoms. The second-order valence-corrected chi connectivity index (χ2v) is 7.33. The van der Waals surface area contributed by atoms with Crippen LogP contribution in [0.5, 0.6) is 11.5 Å². The summed E-state index contributed by atoms with van der Waals surface area (Å²) in [6.45, 7) is 3.16. The molecule has 0 aromatic heterocycles. The van der Waals surface area contributed by atoms with Crippen molar-refractivity contribution in [1.82, 2.24) is 4.90 Å². The smallest absolute Gasteiger partial charge is 0.174 e. The Bertz CT molecular complexity index is 688. The van der Waals surface area contributed by atoms with Gasteiger partial charge in [0, 0.05) is 25.1 Å². The molecule has 130 valence electrons. The van der Waals surface area contributed by atoms with E-state index in [1.54, 1.807) is 13.2 Å². The number of phenols is 1. The van der Waals surface area contributed by atoms with E-state index in [4.69, 9.17) is 9.47 Å². The highest BCUT2D eigenvalue weighted by Crippen LogP contribution is 2.59. The van der Waals surface area contributed by atoms with Crippen LogP contribution in [-0.4, -0.2) is 54.2 Å². The van der Waals surface area contributed by atoms with Gasteiger partial charge in [0.15, 0.2) is 23.4 Å². The second kappa shape index (κ2) is 5.46. The number of nitrogens with zero attached hydrogens (tertiary/aromatic N) is 1. The van der Waals surface area contributed by atoms with Crippen molar-refractivity contribution < 1.29 is 19.4 Å². The molecule has 0 spiro atoms. The minimum Gasteiger partial charge on any atom is -0.504 e. The van der Waals surface area contributed by atoms with Crippen molar-refractivity contribution in [2.24, 2.45) is 0 Å². The van der Waals surface area contributed by atoms with Gasteiger partial charge in [0.2, 0.25) is 0 Å². The van der Waals surface area contributed by atoms with Gasteiger partial charge in [0.05, 0.1) is 11.5 Å². The minimum absolute atomic E-state index is 0.119. The zero-order chi connectivity index (χ0) is 17.1. The topological polar surface area (TPSA) is 59.0 Å². The van der Waals surface area contributed by atoms with Crippen LogP contribution in [0.25, 0.3) is 0 Å². The molecule has 5 heteroatoms. The number of benzene rings is 1. The van der Waals surface area contributed by atoms with Gasteiger partial charge in [-0.05, 0) is 44.5 Å². The molecule has 2 unspecified atom stereocenters. The van der Waals surface area contributed by atoms with Crippen molar-refractivity contribution in [2.75, 3.05) is 20.7 Å². The van der Waals surface area contributed by atoms with E-state index >= 15 is 0 Å². The molecular formula is C19H25NO4. The third-order valence-electron chi connectivity index (χ3n) is 6.20. The molecule has 1 saturated carbocycles. The maximum atomic E-state index is 12.5. The zero-order valence-corrected chi connectivity index (χ0v) is 14.5. The van der Waals surface area contributed by atoms with E-state index in [9.17, 15) is 9.90 Å². The van der Waals surface area contributed by atoms with Crippen molar-refractivity contribution >= 4 is 5.78 Å². The van der Waals surface area contributed by atoms with Crippen LogP contribution in [0.4, 0.5) is 0 Å². The van der Waals surface area contributed by atoms with Crippen molar-refractivity contribution in [1.29, 1.82) is 0 Å². The van der Waals surface area contributed by atoms with Crippen LogP contribution in [0.2, 0.25) is 0 Å². The Hall–Kier alpha value is -1.59. The molecule has 0 radical (unpaired) electrons. The van der Waals surface area contributed by atoms with Gasteiger partial charge in [-0.15, -0.1) is 0 Å². The second-order valence-electron chi connectivity index (χ2n) is 7.33. The summed E-state index contributed by atoms with van der Waals surface area (Å²) in [5, 5.41) is 10.2. The first-order valence-corrected chi connectivity index (χ1v) is 8.83. The quantitative estimate of drug-likeness (QED) is 0.917. The van der Waals surface area contributed by atoms with Gasteiger partial charge in [0.1, 0.15) is 0 Å². The number of ketones is 1. The normalized spacial score (nSPS) is 33.5. The summed E-state index contributed by atoms with van der Waals surface area (Å²) in [5.41, 5.74) is 1.73. The third kappa shape index (κ3) is 1.91. The summed E-state index contributed by atoms with van der Waals surface area (Å²) >= 11 is 0. The Morgan fingerprint density at radius 2 is 2.25 bits per heavy atom. The lowest BCUT2D eigenvalue weighted by molar-refractivity contribution is -0.154. The van der Waals surface area contributed by atoms with Gasteiger partial charge in [-0.3, -0.25) is 4.79 Å². The number of ether oxygens (including phenoxy) is 2. The highest BCUT2D eigenvalue weighted by molar-refractivity contribution is 5.88. The summed E-state index contributed by atoms with van der Waals surface area (Å²) in [5.74, 6) is 0.615. The van der Waals surface area contributed by atoms with Crippen LogP contribution in [0.15, 0.2) is 12.1 Å². The number of methoxy groups -OCH3 is 1. The first kappa shape index (κ1) is 15.9. The first-order chi connectivity index (χ1) is 11.5. The predicted molar refractivity (Wildman–Crippen MR) is 89.7 cm³/mol. The van der Waals surface area contributed by atoms with E-state index in [0.717, 1.165) is 24.9 Å². The predicted octanol–water partition coefficient (Wildman–Crippen LogP) is 2.25. The fraction of sp³-hybridized carbons (Fsp3) is 0.632. The maximum Gasteiger partial charge on any atom is 0.174 e. The number of aromatic hydroxyl groups is 1. The number of likely N-dealkylation sites (N-methyl/N-ethyl adjacent to an activating group) is 1. The Balaban J connectivity index is 1.90. The Morgan fingerprint density at radius 1 is 1.46 bits per heavy atom. The fourth-order valence-corrected chi connectivity index (χ4v) is 5.14. The molecule has 5 nitrogen and oxygen atoms in total. The average molecular weight is 331 g/mol. The van der Waals surface area contributed by atoms with Gasteiger partial charge < -0.3 is 19.5 Å². The van der Waals surface area contributed by atoms with Crippen LogP contribution in [0, 0.1) is 0 Å². The van der Waals surface area contributed by atoms with Crippen molar-refractivity contribution in [3.8, 4) is 11.5 Å². The summed E-state index contributed by atoms with van der Waals surface area (Å²) in [6.07, 6.45) is 2.58. The molecular weight excluding hydrogens is 306 g/mol. The van der Waals surface area contributed by atoms with Crippen LogP contribution in [0.3, 0.4) is 0 Å². The van der Waals surface area contributed by atoms with Crippen LogP contribution < -0.4 is 4.74 Å². The monoisotopic (exact) mass is 331 g/mol. The molecule has 0 amide bonds. The molecule has 4 rings (SSSR count). The van der Waals surface area contributed by atoms with E-state index in [0.29, 0.717) is 18.6 Å². The summed E-state index contributed by atoms with van der Waals surface area (Å²) in [7, 11) is 3.90. The maximum absolute atomic E-state index is 12.5.